The molecular weight excluding hydrogens is 346 g/mol. The lowest BCUT2D eigenvalue weighted by atomic mass is 10.1. The van der Waals surface area contributed by atoms with Gasteiger partial charge in [0, 0.05) is 28.2 Å². The molecule has 1 amide bonds. The Labute approximate surface area is 167 Å². The fourth-order valence-electron chi connectivity index (χ4n) is 2.02. The van der Waals surface area contributed by atoms with Crippen LogP contribution in [0.5, 0.6) is 0 Å². The van der Waals surface area contributed by atoms with E-state index < -0.39 is 0 Å². The van der Waals surface area contributed by atoms with Crippen LogP contribution in [0.25, 0.3) is 0 Å². The number of nitrogens with one attached hydrogen (secondary N) is 2. The standard InChI is InChI=1S/C16H16N2O.C8H9N/c1-12(2)16(19)18-15-10-8-14(9-11-15)17-13-6-4-3-5-7-13;1-4-8(5-2)7(3)6-9/h3-11,17H,1H2,2H3,(H,18,19);4-5H,1-2H2,3H3. The third-order valence-electron chi connectivity index (χ3n) is 3.63. The minimum Gasteiger partial charge on any atom is -0.356 e. The summed E-state index contributed by atoms with van der Waals surface area (Å²) < 4.78 is 0. The van der Waals surface area contributed by atoms with Crippen molar-refractivity contribution in [1.82, 2.24) is 0 Å². The van der Waals surface area contributed by atoms with Gasteiger partial charge in [-0.1, -0.05) is 50.1 Å². The van der Waals surface area contributed by atoms with E-state index in [9.17, 15) is 4.79 Å². The van der Waals surface area contributed by atoms with Crippen LogP contribution in [0.4, 0.5) is 17.1 Å². The fraction of sp³-hybridized carbons (Fsp3) is 0.0833. The number of carbonyl (C=O) groups excluding carboxylic acids is 1. The molecule has 0 bridgehead atoms. The highest BCUT2D eigenvalue weighted by molar-refractivity contribution is 6.02. The van der Waals surface area contributed by atoms with Crippen LogP contribution in [-0.2, 0) is 4.79 Å². The van der Waals surface area contributed by atoms with Gasteiger partial charge < -0.3 is 10.6 Å². The summed E-state index contributed by atoms with van der Waals surface area (Å²) in [5.41, 5.74) is 4.70. The molecule has 4 heteroatoms. The number of allylic oxidation sites excluding steroid dienone is 4. The molecule has 2 N–H and O–H groups in total. The first-order chi connectivity index (χ1) is 13.4. The van der Waals surface area contributed by atoms with E-state index >= 15 is 0 Å². The maximum atomic E-state index is 11.5. The monoisotopic (exact) mass is 371 g/mol. The molecule has 0 spiro atoms. The maximum Gasteiger partial charge on any atom is 0.250 e. The van der Waals surface area contributed by atoms with Gasteiger partial charge in [-0.3, -0.25) is 4.79 Å². The third-order valence-corrected chi connectivity index (χ3v) is 3.63. The zero-order valence-corrected chi connectivity index (χ0v) is 16.3. The van der Waals surface area contributed by atoms with Crippen molar-refractivity contribution in [2.75, 3.05) is 10.6 Å². The Morgan fingerprint density at radius 2 is 1.43 bits per heavy atom. The minimum absolute atomic E-state index is 0.163. The molecule has 0 atom stereocenters. The largest absolute Gasteiger partial charge is 0.356 e. The summed E-state index contributed by atoms with van der Waals surface area (Å²) in [6.45, 7) is 14.1. The number of rotatable bonds is 6. The smallest absolute Gasteiger partial charge is 0.250 e. The highest BCUT2D eigenvalue weighted by Crippen LogP contribution is 2.18. The lowest BCUT2D eigenvalue weighted by molar-refractivity contribution is -0.112. The summed E-state index contributed by atoms with van der Waals surface area (Å²) in [5.74, 6) is -0.163. The molecule has 0 aliphatic carbocycles. The van der Waals surface area contributed by atoms with E-state index in [0.29, 0.717) is 11.1 Å². The summed E-state index contributed by atoms with van der Waals surface area (Å²) in [4.78, 5) is 11.5. The van der Waals surface area contributed by atoms with Crippen LogP contribution in [0.1, 0.15) is 13.8 Å². The van der Waals surface area contributed by atoms with Gasteiger partial charge in [-0.05, 0) is 55.8 Å². The topological polar surface area (TPSA) is 64.9 Å². The Balaban J connectivity index is 0.000000370. The normalized spacial score (nSPS) is 8.89. The quantitative estimate of drug-likeness (QED) is 0.364. The second kappa shape index (κ2) is 11.7. The molecule has 0 radical (unpaired) electrons. The molecular formula is C24H25N3O. The predicted molar refractivity (Wildman–Crippen MR) is 118 cm³/mol. The molecule has 2 rings (SSSR count). The van der Waals surface area contributed by atoms with Crippen LogP contribution >= 0.6 is 0 Å². The molecule has 0 aliphatic heterocycles. The Hall–Kier alpha value is -3.84. The van der Waals surface area contributed by atoms with Gasteiger partial charge in [0.25, 0.3) is 5.91 Å². The van der Waals surface area contributed by atoms with E-state index in [1.165, 1.54) is 0 Å². The molecule has 142 valence electrons. The van der Waals surface area contributed by atoms with E-state index in [4.69, 9.17) is 5.26 Å². The summed E-state index contributed by atoms with van der Waals surface area (Å²) in [7, 11) is 0. The number of hydrogen-bond acceptors (Lipinski definition) is 3. The zero-order chi connectivity index (χ0) is 20.9. The Morgan fingerprint density at radius 3 is 1.86 bits per heavy atom. The zero-order valence-electron chi connectivity index (χ0n) is 16.3. The van der Waals surface area contributed by atoms with Crippen LogP contribution in [-0.4, -0.2) is 5.91 Å². The second-order valence-electron chi connectivity index (χ2n) is 5.90. The lowest BCUT2D eigenvalue weighted by Crippen LogP contribution is -2.11. The number of anilines is 3. The van der Waals surface area contributed by atoms with Gasteiger partial charge in [-0.2, -0.15) is 5.26 Å². The van der Waals surface area contributed by atoms with Crippen LogP contribution in [0.3, 0.4) is 0 Å². The first kappa shape index (κ1) is 22.2. The number of para-hydroxylation sites is 1. The van der Waals surface area contributed by atoms with E-state index in [0.717, 1.165) is 22.6 Å². The molecule has 0 unspecified atom stereocenters. The molecule has 4 nitrogen and oxygen atoms in total. The molecule has 0 heterocycles. The van der Waals surface area contributed by atoms with Crippen molar-refractivity contribution in [2.24, 2.45) is 0 Å². The third kappa shape index (κ3) is 7.59. The molecule has 28 heavy (non-hydrogen) atoms. The van der Waals surface area contributed by atoms with Gasteiger partial charge >= 0.3 is 0 Å². The van der Waals surface area contributed by atoms with E-state index in [2.05, 4.69) is 30.4 Å². The van der Waals surface area contributed by atoms with Gasteiger partial charge in [0.1, 0.15) is 0 Å². The second-order valence-corrected chi connectivity index (χ2v) is 5.90. The van der Waals surface area contributed by atoms with Crippen LogP contribution < -0.4 is 10.6 Å². The lowest BCUT2D eigenvalue weighted by Gasteiger charge is -2.08. The highest BCUT2D eigenvalue weighted by Gasteiger charge is 2.02. The Kier molecular flexibility index (Phi) is 9.29. The van der Waals surface area contributed by atoms with Crippen molar-refractivity contribution in [3.8, 4) is 6.07 Å². The number of nitrogens with zero attached hydrogens (tertiary/aromatic N) is 1. The van der Waals surface area contributed by atoms with Crippen LogP contribution in [0.2, 0.25) is 0 Å². The van der Waals surface area contributed by atoms with E-state index in [1.807, 2.05) is 60.7 Å². The first-order valence-corrected chi connectivity index (χ1v) is 8.66. The molecule has 0 aromatic heterocycles. The molecule has 0 fully saturated rings. The number of carbonyl (C=O) groups is 1. The number of benzene rings is 2. The summed E-state index contributed by atoms with van der Waals surface area (Å²) >= 11 is 0. The molecule has 2 aromatic rings. The van der Waals surface area contributed by atoms with Crippen molar-refractivity contribution in [1.29, 1.82) is 5.26 Å². The highest BCUT2D eigenvalue weighted by atomic mass is 16.1. The van der Waals surface area contributed by atoms with Crippen LogP contribution in [0, 0.1) is 11.3 Å². The molecule has 0 saturated carbocycles. The van der Waals surface area contributed by atoms with E-state index in [1.54, 1.807) is 26.0 Å². The molecule has 2 aromatic carbocycles. The van der Waals surface area contributed by atoms with Crippen molar-refractivity contribution >= 4 is 23.0 Å². The van der Waals surface area contributed by atoms with E-state index in [-0.39, 0.29) is 5.91 Å². The fourth-order valence-corrected chi connectivity index (χ4v) is 2.02. The van der Waals surface area contributed by atoms with Gasteiger partial charge in [0.15, 0.2) is 0 Å². The number of hydrogen-bond donors (Lipinski definition) is 2. The van der Waals surface area contributed by atoms with Gasteiger partial charge in [-0.15, -0.1) is 0 Å². The first-order valence-electron chi connectivity index (χ1n) is 8.66. The van der Waals surface area contributed by atoms with Gasteiger partial charge in [-0.25, -0.2) is 0 Å². The van der Waals surface area contributed by atoms with Gasteiger partial charge in [0.05, 0.1) is 6.07 Å². The van der Waals surface area contributed by atoms with Crippen molar-refractivity contribution in [3.63, 3.8) is 0 Å². The minimum atomic E-state index is -0.163. The summed E-state index contributed by atoms with van der Waals surface area (Å²) in [6.07, 6.45) is 3.23. The van der Waals surface area contributed by atoms with Crippen molar-refractivity contribution < 1.29 is 4.79 Å². The van der Waals surface area contributed by atoms with Gasteiger partial charge in [0.2, 0.25) is 0 Å². The number of nitriles is 1. The maximum absolute atomic E-state index is 11.5. The SMILES string of the molecule is C=C(C)C(=O)Nc1ccc(Nc2ccccc2)cc1.C=CC(C=C)=C(C)C#N. The summed E-state index contributed by atoms with van der Waals surface area (Å²) in [5, 5.41) is 14.4. The van der Waals surface area contributed by atoms with Crippen molar-refractivity contribution in [3.05, 3.63) is 103 Å². The average Bonchev–Trinajstić information content (AvgIpc) is 2.71. The summed E-state index contributed by atoms with van der Waals surface area (Å²) in [6, 6.07) is 19.5. The number of amides is 1. The van der Waals surface area contributed by atoms with Crippen LogP contribution in [0.15, 0.2) is 103 Å². The molecule has 0 saturated heterocycles. The molecule has 0 aliphatic rings. The Bertz CT molecular complexity index is 891. The van der Waals surface area contributed by atoms with Crippen molar-refractivity contribution in [2.45, 2.75) is 13.8 Å². The Morgan fingerprint density at radius 1 is 0.929 bits per heavy atom. The average molecular weight is 371 g/mol. The predicted octanol–water partition coefficient (Wildman–Crippen LogP) is 6.14.